The Morgan fingerprint density at radius 2 is 2.42 bits per heavy atom. The molecule has 0 radical (unpaired) electrons. The van der Waals surface area contributed by atoms with Gasteiger partial charge in [-0.2, -0.15) is 5.10 Å². The van der Waals surface area contributed by atoms with Gasteiger partial charge >= 0.3 is 5.69 Å². The second kappa shape index (κ2) is 2.75. The molecule has 12 heavy (non-hydrogen) atoms. The van der Waals surface area contributed by atoms with E-state index < -0.39 is 0 Å². The highest BCUT2D eigenvalue weighted by molar-refractivity contribution is 4.95. The zero-order chi connectivity index (χ0) is 8.55. The summed E-state index contributed by atoms with van der Waals surface area (Å²) in [5.74, 6) is 0.706. The number of hydrogen-bond acceptors (Lipinski definition) is 3. The number of nitrogens with two attached hydrogens (primary N) is 1. The lowest BCUT2D eigenvalue weighted by molar-refractivity contribution is 0.599. The van der Waals surface area contributed by atoms with E-state index in [1.54, 1.807) is 4.57 Å². The largest absolute Gasteiger partial charge is 0.343 e. The van der Waals surface area contributed by atoms with Crippen LogP contribution >= 0.6 is 0 Å². The molecule has 5 nitrogen and oxygen atoms in total. The summed E-state index contributed by atoms with van der Waals surface area (Å²) in [6.07, 6.45) is 3.01. The summed E-state index contributed by atoms with van der Waals surface area (Å²) in [6.45, 7) is 0.748. The molecular weight excluding hydrogens is 156 g/mol. The Morgan fingerprint density at radius 3 is 3.25 bits per heavy atom. The van der Waals surface area contributed by atoms with Crippen LogP contribution in [0, 0.1) is 0 Å². The summed E-state index contributed by atoms with van der Waals surface area (Å²) in [5, 5.41) is 6.31. The monoisotopic (exact) mass is 168 g/mol. The number of fused-ring (bicyclic) bond motifs is 1. The summed E-state index contributed by atoms with van der Waals surface area (Å²) in [5.41, 5.74) is 5.68. The van der Waals surface area contributed by atoms with Gasteiger partial charge in [-0.25, -0.2) is 9.89 Å². The van der Waals surface area contributed by atoms with Gasteiger partial charge in [0.25, 0.3) is 0 Å². The molecule has 1 aromatic heterocycles. The second-order valence-electron chi connectivity index (χ2n) is 3.14. The summed E-state index contributed by atoms with van der Waals surface area (Å²) >= 11 is 0. The quantitative estimate of drug-likeness (QED) is 0.561. The smallest absolute Gasteiger partial charge is 0.321 e. The van der Waals surface area contributed by atoms with Crippen LogP contribution in [0.15, 0.2) is 4.79 Å². The first-order valence-electron chi connectivity index (χ1n) is 4.20. The number of hydrogen-bond donors (Lipinski definition) is 2. The molecule has 0 unspecified atom stereocenters. The Morgan fingerprint density at radius 1 is 1.58 bits per heavy atom. The van der Waals surface area contributed by atoms with E-state index in [0.717, 1.165) is 25.8 Å². The van der Waals surface area contributed by atoms with Crippen molar-refractivity contribution in [2.24, 2.45) is 5.73 Å². The Hall–Kier alpha value is -1.10. The average molecular weight is 168 g/mol. The fraction of sp³-hybridized carbons (Fsp3) is 0.714. The Bertz CT molecular complexity index is 326. The molecule has 2 heterocycles. The number of nitrogens with zero attached hydrogens (tertiary/aromatic N) is 2. The number of nitrogens with one attached hydrogen (secondary N) is 1. The van der Waals surface area contributed by atoms with E-state index in [1.165, 1.54) is 0 Å². The molecule has 3 N–H and O–H groups in total. The van der Waals surface area contributed by atoms with Crippen molar-refractivity contribution in [3.05, 3.63) is 16.3 Å². The normalized spacial score (nSPS) is 23.2. The number of H-pyrrole nitrogens is 1. The standard InChI is InChI=1S/C7H12N4O/c8-5-3-1-2-4-11-6(5)9-10-7(11)12/h5H,1-4,8H2,(H,10,12)/t5-/m1/s1. The second-order valence-corrected chi connectivity index (χ2v) is 3.14. The van der Waals surface area contributed by atoms with Crippen molar-refractivity contribution in [2.75, 3.05) is 0 Å². The van der Waals surface area contributed by atoms with Crippen LogP contribution in [0.25, 0.3) is 0 Å². The molecule has 0 spiro atoms. The van der Waals surface area contributed by atoms with Crippen LogP contribution < -0.4 is 11.4 Å². The molecule has 0 aromatic carbocycles. The van der Waals surface area contributed by atoms with E-state index in [2.05, 4.69) is 10.2 Å². The van der Waals surface area contributed by atoms with E-state index in [0.29, 0.717) is 5.82 Å². The third kappa shape index (κ3) is 1.06. The Labute approximate surface area is 69.6 Å². The van der Waals surface area contributed by atoms with Crippen molar-refractivity contribution in [3.8, 4) is 0 Å². The molecule has 0 bridgehead atoms. The molecule has 66 valence electrons. The molecule has 1 aliphatic heterocycles. The van der Waals surface area contributed by atoms with Crippen LogP contribution in [-0.4, -0.2) is 14.8 Å². The molecule has 2 rings (SSSR count). The molecule has 0 fully saturated rings. The Kier molecular flexibility index (Phi) is 1.73. The van der Waals surface area contributed by atoms with Crippen molar-refractivity contribution >= 4 is 0 Å². The zero-order valence-corrected chi connectivity index (χ0v) is 6.79. The van der Waals surface area contributed by atoms with Crippen molar-refractivity contribution in [1.29, 1.82) is 0 Å². The Balaban J connectivity index is 2.47. The van der Waals surface area contributed by atoms with Gasteiger partial charge in [-0.3, -0.25) is 4.57 Å². The van der Waals surface area contributed by atoms with E-state index in [4.69, 9.17) is 5.73 Å². The van der Waals surface area contributed by atoms with Crippen LogP contribution in [0.3, 0.4) is 0 Å². The maximum Gasteiger partial charge on any atom is 0.343 e. The minimum Gasteiger partial charge on any atom is -0.321 e. The van der Waals surface area contributed by atoms with E-state index >= 15 is 0 Å². The number of aromatic nitrogens is 3. The van der Waals surface area contributed by atoms with Crippen LogP contribution in [0.1, 0.15) is 31.1 Å². The van der Waals surface area contributed by atoms with Gasteiger partial charge in [-0.15, -0.1) is 0 Å². The van der Waals surface area contributed by atoms with Crippen LogP contribution in [0.2, 0.25) is 0 Å². The molecule has 0 saturated heterocycles. The molecule has 5 heteroatoms. The first-order chi connectivity index (χ1) is 5.79. The van der Waals surface area contributed by atoms with Gasteiger partial charge in [0, 0.05) is 6.54 Å². The van der Waals surface area contributed by atoms with E-state index in [1.807, 2.05) is 0 Å². The van der Waals surface area contributed by atoms with Gasteiger partial charge < -0.3 is 5.73 Å². The first kappa shape index (κ1) is 7.54. The summed E-state index contributed by atoms with van der Waals surface area (Å²) in [4.78, 5) is 11.2. The molecular formula is C7H12N4O. The van der Waals surface area contributed by atoms with E-state index in [-0.39, 0.29) is 11.7 Å². The lowest BCUT2D eigenvalue weighted by Gasteiger charge is -2.04. The van der Waals surface area contributed by atoms with Crippen LogP contribution in [-0.2, 0) is 6.54 Å². The number of aromatic amines is 1. The lowest BCUT2D eigenvalue weighted by Crippen LogP contribution is -2.21. The fourth-order valence-corrected chi connectivity index (χ4v) is 1.59. The van der Waals surface area contributed by atoms with Gasteiger partial charge in [-0.05, 0) is 19.3 Å². The van der Waals surface area contributed by atoms with Crippen molar-refractivity contribution in [3.63, 3.8) is 0 Å². The van der Waals surface area contributed by atoms with Gasteiger partial charge in [-0.1, -0.05) is 0 Å². The number of rotatable bonds is 0. The molecule has 1 aromatic rings. The molecule has 0 aliphatic carbocycles. The highest BCUT2D eigenvalue weighted by Crippen LogP contribution is 2.17. The first-order valence-corrected chi connectivity index (χ1v) is 4.20. The van der Waals surface area contributed by atoms with E-state index in [9.17, 15) is 4.79 Å². The SMILES string of the molecule is N[C@@H]1CCCCn2c1n[nH]c2=O. The van der Waals surface area contributed by atoms with Crippen LogP contribution in [0.5, 0.6) is 0 Å². The maximum absolute atomic E-state index is 11.2. The zero-order valence-electron chi connectivity index (χ0n) is 6.79. The highest BCUT2D eigenvalue weighted by Gasteiger charge is 2.18. The maximum atomic E-state index is 11.2. The van der Waals surface area contributed by atoms with Crippen molar-refractivity contribution in [1.82, 2.24) is 14.8 Å². The molecule has 1 aliphatic rings. The van der Waals surface area contributed by atoms with Gasteiger partial charge in [0.15, 0.2) is 0 Å². The topological polar surface area (TPSA) is 76.7 Å². The molecule has 1 atom stereocenters. The minimum atomic E-state index is -0.137. The third-order valence-corrected chi connectivity index (χ3v) is 2.27. The van der Waals surface area contributed by atoms with Crippen molar-refractivity contribution in [2.45, 2.75) is 31.8 Å². The molecule has 0 saturated carbocycles. The lowest BCUT2D eigenvalue weighted by atomic mass is 10.1. The van der Waals surface area contributed by atoms with Crippen LogP contribution in [0.4, 0.5) is 0 Å². The highest BCUT2D eigenvalue weighted by atomic mass is 16.1. The summed E-state index contributed by atoms with van der Waals surface area (Å²) in [7, 11) is 0. The average Bonchev–Trinajstić information content (AvgIpc) is 2.30. The predicted molar refractivity (Wildman–Crippen MR) is 43.6 cm³/mol. The minimum absolute atomic E-state index is 0.0774. The third-order valence-electron chi connectivity index (χ3n) is 2.27. The fourth-order valence-electron chi connectivity index (χ4n) is 1.59. The summed E-state index contributed by atoms with van der Waals surface area (Å²) < 4.78 is 1.64. The predicted octanol–water partition coefficient (Wildman–Crippen LogP) is -0.245. The molecule has 0 amide bonds. The van der Waals surface area contributed by atoms with Gasteiger partial charge in [0.05, 0.1) is 6.04 Å². The van der Waals surface area contributed by atoms with Gasteiger partial charge in [0.1, 0.15) is 5.82 Å². The summed E-state index contributed by atoms with van der Waals surface area (Å²) in [6, 6.07) is -0.0774. The van der Waals surface area contributed by atoms with Gasteiger partial charge in [0.2, 0.25) is 0 Å². The van der Waals surface area contributed by atoms with Crippen molar-refractivity contribution < 1.29 is 0 Å².